The zero-order valence-electron chi connectivity index (χ0n) is 22.5. The van der Waals surface area contributed by atoms with Crippen LogP contribution in [-0.4, -0.2) is 57.8 Å². The molecule has 2 heterocycles. The Kier molecular flexibility index (Phi) is 8.28. The van der Waals surface area contributed by atoms with Crippen molar-refractivity contribution in [2.24, 2.45) is 5.16 Å². The number of fused-ring (bicyclic) bond motifs is 1. The molecule has 5 rings (SSSR count). The monoisotopic (exact) mass is 544 g/mol. The second-order valence-corrected chi connectivity index (χ2v) is 9.50. The van der Waals surface area contributed by atoms with Gasteiger partial charge in [-0.25, -0.2) is 4.68 Å². The van der Waals surface area contributed by atoms with E-state index in [-0.39, 0.29) is 12.6 Å². The van der Waals surface area contributed by atoms with E-state index in [9.17, 15) is 10.2 Å². The molecule has 0 bridgehead atoms. The van der Waals surface area contributed by atoms with Crippen molar-refractivity contribution in [3.63, 3.8) is 0 Å². The quantitative estimate of drug-likeness (QED) is 0.287. The van der Waals surface area contributed by atoms with Gasteiger partial charge in [-0.1, -0.05) is 52.8 Å². The third-order valence-electron chi connectivity index (χ3n) is 6.86. The van der Waals surface area contributed by atoms with E-state index in [1.807, 2.05) is 54.6 Å². The fraction of sp³-hybridized carbons (Fsp3) is 0.300. The zero-order valence-corrected chi connectivity index (χ0v) is 22.5. The van der Waals surface area contributed by atoms with E-state index in [4.69, 9.17) is 19.0 Å². The van der Waals surface area contributed by atoms with Crippen LogP contribution in [0.4, 0.5) is 0 Å². The van der Waals surface area contributed by atoms with E-state index < -0.39 is 18.3 Å². The average Bonchev–Trinajstić information content (AvgIpc) is 3.49. The molecule has 4 atom stereocenters. The van der Waals surface area contributed by atoms with Crippen LogP contribution in [0.5, 0.6) is 17.2 Å². The van der Waals surface area contributed by atoms with Crippen LogP contribution in [0.1, 0.15) is 47.6 Å². The molecule has 10 heteroatoms. The van der Waals surface area contributed by atoms with Crippen LogP contribution < -0.4 is 14.2 Å². The van der Waals surface area contributed by atoms with E-state index in [1.165, 1.54) is 0 Å². The number of methoxy groups -OCH3 is 2. The molecule has 40 heavy (non-hydrogen) atoms. The first kappa shape index (κ1) is 27.2. The summed E-state index contributed by atoms with van der Waals surface area (Å²) in [4.78, 5) is 5.87. The normalized spacial score (nSPS) is 18.9. The number of aliphatic hydroxyl groups excluding tert-OH is 2. The second kappa shape index (κ2) is 12.2. The van der Waals surface area contributed by atoms with Crippen molar-refractivity contribution in [1.29, 1.82) is 0 Å². The van der Waals surface area contributed by atoms with E-state index >= 15 is 0 Å². The maximum atomic E-state index is 11.4. The Balaban J connectivity index is 1.39. The van der Waals surface area contributed by atoms with Crippen LogP contribution in [0.15, 0.2) is 84.1 Å². The molecule has 0 unspecified atom stereocenters. The molecule has 3 aromatic carbocycles. The third-order valence-corrected chi connectivity index (χ3v) is 6.86. The minimum absolute atomic E-state index is 0.0916. The molecule has 0 spiro atoms. The van der Waals surface area contributed by atoms with Gasteiger partial charge in [-0.15, -0.1) is 5.10 Å². The Morgan fingerprint density at radius 1 is 1.00 bits per heavy atom. The van der Waals surface area contributed by atoms with Gasteiger partial charge >= 0.3 is 0 Å². The van der Waals surface area contributed by atoms with Gasteiger partial charge in [0, 0.05) is 5.56 Å². The number of hydrogen-bond donors (Lipinski definition) is 2. The van der Waals surface area contributed by atoms with Gasteiger partial charge in [0.15, 0.2) is 12.2 Å². The summed E-state index contributed by atoms with van der Waals surface area (Å²) >= 11 is 0. The number of rotatable bonds is 10. The van der Waals surface area contributed by atoms with Crippen LogP contribution >= 0.6 is 0 Å². The first-order valence-electron chi connectivity index (χ1n) is 13.0. The highest BCUT2D eigenvalue weighted by Crippen LogP contribution is 2.38. The molecule has 4 aromatic rings. The molecule has 0 amide bonds. The third kappa shape index (κ3) is 5.78. The van der Waals surface area contributed by atoms with Crippen LogP contribution in [0.2, 0.25) is 0 Å². The number of oxime groups is 1. The van der Waals surface area contributed by atoms with Gasteiger partial charge in [-0.05, 0) is 54.8 Å². The number of benzene rings is 3. The molecular formula is C30H32N4O6. The highest BCUT2D eigenvalue weighted by Gasteiger charge is 2.37. The second-order valence-electron chi connectivity index (χ2n) is 9.50. The predicted octanol–water partition coefficient (Wildman–Crippen LogP) is 4.05. The van der Waals surface area contributed by atoms with Gasteiger partial charge in [-0.2, -0.15) is 0 Å². The van der Waals surface area contributed by atoms with Crippen molar-refractivity contribution in [2.45, 2.75) is 37.7 Å². The molecule has 0 saturated heterocycles. The molecule has 0 saturated carbocycles. The number of aromatic nitrogens is 3. The summed E-state index contributed by atoms with van der Waals surface area (Å²) in [6.07, 6.45) is -0.118. The summed E-state index contributed by atoms with van der Waals surface area (Å²) < 4.78 is 18.6. The molecule has 208 valence electrons. The summed E-state index contributed by atoms with van der Waals surface area (Å²) in [6.45, 7) is 1.70. The van der Waals surface area contributed by atoms with Crippen molar-refractivity contribution in [1.82, 2.24) is 15.0 Å². The molecule has 2 N–H and O–H groups in total. The van der Waals surface area contributed by atoms with Crippen LogP contribution in [-0.2, 0) is 11.3 Å². The van der Waals surface area contributed by atoms with Gasteiger partial charge in [0.2, 0.25) is 0 Å². The maximum Gasteiger partial charge on any atom is 0.169 e. The summed E-state index contributed by atoms with van der Waals surface area (Å²) in [5.41, 5.74) is 3.20. The minimum atomic E-state index is -1.14. The zero-order chi connectivity index (χ0) is 28.1. The fourth-order valence-corrected chi connectivity index (χ4v) is 4.59. The molecule has 0 aliphatic carbocycles. The van der Waals surface area contributed by atoms with Gasteiger partial charge < -0.3 is 29.3 Å². The maximum absolute atomic E-state index is 11.4. The lowest BCUT2D eigenvalue weighted by Crippen LogP contribution is -2.37. The SMILES string of the molecule is COc1cccc([C@H]2Oc3ccc(OC)cc3C(=NO[C@H](C)c3cn([C@H](CO)Cc4ccccc4)nn3)[C@H]2O)c1. The van der Waals surface area contributed by atoms with Gasteiger partial charge in [-0.3, -0.25) is 0 Å². The van der Waals surface area contributed by atoms with E-state index in [0.717, 1.165) is 11.1 Å². The molecular weight excluding hydrogens is 512 g/mol. The highest BCUT2D eigenvalue weighted by atomic mass is 16.6. The summed E-state index contributed by atoms with van der Waals surface area (Å²) in [7, 11) is 3.15. The summed E-state index contributed by atoms with van der Waals surface area (Å²) in [5.74, 6) is 1.77. The van der Waals surface area contributed by atoms with Crippen LogP contribution in [0, 0.1) is 0 Å². The first-order chi connectivity index (χ1) is 19.5. The number of hydrogen-bond acceptors (Lipinski definition) is 9. The van der Waals surface area contributed by atoms with Crippen molar-refractivity contribution >= 4 is 5.71 Å². The molecule has 10 nitrogen and oxygen atoms in total. The Hall–Kier alpha value is -4.41. The standard InChI is InChI=1S/C30H32N4O6/c1-19(26-17-34(33-31-26)22(18-35)14-20-8-5-4-6-9-20)40-32-28-25-16-24(38-3)12-13-27(25)39-30(29(28)36)21-10-7-11-23(15-21)37-2/h4-13,15-17,19,22,29-30,35-36H,14,18H2,1-3H3/t19-,22+,29-,30-/m1/s1. The average molecular weight is 545 g/mol. The summed E-state index contributed by atoms with van der Waals surface area (Å²) in [5, 5.41) is 34.3. The van der Waals surface area contributed by atoms with Crippen molar-refractivity contribution in [3.8, 4) is 17.2 Å². The molecule has 1 aliphatic heterocycles. The van der Waals surface area contributed by atoms with E-state index in [0.29, 0.717) is 40.6 Å². The van der Waals surface area contributed by atoms with Crippen LogP contribution in [0.25, 0.3) is 0 Å². The van der Waals surface area contributed by atoms with Gasteiger partial charge in [0.1, 0.15) is 34.8 Å². The smallest absolute Gasteiger partial charge is 0.169 e. The first-order valence-corrected chi connectivity index (χ1v) is 13.0. The lowest BCUT2D eigenvalue weighted by molar-refractivity contribution is 0.0474. The fourth-order valence-electron chi connectivity index (χ4n) is 4.59. The lowest BCUT2D eigenvalue weighted by atomic mass is 9.92. The largest absolute Gasteiger partial charge is 0.497 e. The minimum Gasteiger partial charge on any atom is -0.497 e. The lowest BCUT2D eigenvalue weighted by Gasteiger charge is -2.32. The van der Waals surface area contributed by atoms with Gasteiger partial charge in [0.05, 0.1) is 33.1 Å². The summed E-state index contributed by atoms with van der Waals surface area (Å²) in [6, 6.07) is 22.3. The Labute approximate surface area is 232 Å². The number of aliphatic hydroxyl groups is 2. The Morgan fingerprint density at radius 3 is 2.52 bits per heavy atom. The Bertz CT molecular complexity index is 1460. The number of ether oxygens (including phenoxy) is 3. The van der Waals surface area contributed by atoms with Gasteiger partial charge in [0.25, 0.3) is 0 Å². The molecule has 0 fully saturated rings. The predicted molar refractivity (Wildman–Crippen MR) is 148 cm³/mol. The number of nitrogens with zero attached hydrogens (tertiary/aromatic N) is 4. The topological polar surface area (TPSA) is 120 Å². The molecule has 0 radical (unpaired) electrons. The molecule has 1 aliphatic rings. The van der Waals surface area contributed by atoms with E-state index in [2.05, 4.69) is 15.5 Å². The van der Waals surface area contributed by atoms with E-state index in [1.54, 1.807) is 50.2 Å². The van der Waals surface area contributed by atoms with Crippen molar-refractivity contribution in [2.75, 3.05) is 20.8 Å². The Morgan fingerprint density at radius 2 is 1.77 bits per heavy atom. The van der Waals surface area contributed by atoms with Crippen LogP contribution in [0.3, 0.4) is 0 Å². The highest BCUT2D eigenvalue weighted by molar-refractivity contribution is 6.07. The molecule has 1 aromatic heterocycles. The van der Waals surface area contributed by atoms with Crippen molar-refractivity contribution < 1.29 is 29.3 Å². The van der Waals surface area contributed by atoms with Crippen molar-refractivity contribution in [3.05, 3.63) is 101 Å².